The highest BCUT2D eigenvalue weighted by Crippen LogP contribution is 2.27. The van der Waals surface area contributed by atoms with Crippen molar-refractivity contribution < 1.29 is 4.74 Å². The molecule has 22 heavy (non-hydrogen) atoms. The van der Waals surface area contributed by atoms with E-state index in [1.54, 1.807) is 7.11 Å². The standard InChI is InChI=1S/C17H18BrN3O/c1-22-14-2-3-15-16(11-14)21-9-6-13(10-17(21)19-15)20-7-4-12(18)5-8-20/h2-3,6,9-12H,4-5,7-8H2,1H3. The lowest BCUT2D eigenvalue weighted by molar-refractivity contribution is 0.415. The molecule has 1 fully saturated rings. The van der Waals surface area contributed by atoms with E-state index in [2.05, 4.69) is 43.6 Å². The molecule has 114 valence electrons. The van der Waals surface area contributed by atoms with Gasteiger partial charge in [0.15, 0.2) is 0 Å². The first-order chi connectivity index (χ1) is 10.7. The fourth-order valence-electron chi connectivity index (χ4n) is 3.11. The van der Waals surface area contributed by atoms with Crippen molar-refractivity contribution in [3.8, 4) is 5.75 Å². The summed E-state index contributed by atoms with van der Waals surface area (Å²) in [5, 5.41) is 0. The molecule has 1 saturated heterocycles. The number of fused-ring (bicyclic) bond motifs is 3. The first-order valence-electron chi connectivity index (χ1n) is 7.59. The third-order valence-electron chi connectivity index (χ3n) is 4.38. The van der Waals surface area contributed by atoms with Gasteiger partial charge in [0.1, 0.15) is 11.4 Å². The summed E-state index contributed by atoms with van der Waals surface area (Å²) in [4.78, 5) is 7.84. The van der Waals surface area contributed by atoms with Crippen LogP contribution in [0.2, 0.25) is 0 Å². The van der Waals surface area contributed by atoms with Crippen LogP contribution in [-0.2, 0) is 0 Å². The number of rotatable bonds is 2. The van der Waals surface area contributed by atoms with Crippen molar-refractivity contribution in [2.75, 3.05) is 25.1 Å². The molecule has 0 unspecified atom stereocenters. The molecule has 0 aliphatic carbocycles. The number of imidazole rings is 1. The number of anilines is 1. The predicted octanol–water partition coefficient (Wildman–Crippen LogP) is 3.86. The van der Waals surface area contributed by atoms with Crippen LogP contribution in [0.3, 0.4) is 0 Å². The second-order valence-electron chi connectivity index (χ2n) is 5.74. The van der Waals surface area contributed by atoms with Crippen molar-refractivity contribution >= 4 is 38.3 Å². The summed E-state index contributed by atoms with van der Waals surface area (Å²) in [5.74, 6) is 0.859. The fraction of sp³-hybridized carbons (Fsp3) is 0.353. The molecule has 3 heterocycles. The Bertz CT molecular complexity index is 821. The third-order valence-corrected chi connectivity index (χ3v) is 5.30. The fourth-order valence-corrected chi connectivity index (χ4v) is 3.52. The minimum absolute atomic E-state index is 0.661. The second kappa shape index (κ2) is 5.47. The Hall–Kier alpha value is -1.75. The van der Waals surface area contributed by atoms with Crippen LogP contribution in [0.5, 0.6) is 5.75 Å². The van der Waals surface area contributed by atoms with E-state index in [1.807, 2.05) is 18.2 Å². The Morgan fingerprint density at radius 2 is 2.00 bits per heavy atom. The Labute approximate surface area is 137 Å². The average Bonchev–Trinajstić information content (AvgIpc) is 2.92. The highest BCUT2D eigenvalue weighted by atomic mass is 79.9. The van der Waals surface area contributed by atoms with E-state index in [9.17, 15) is 0 Å². The first kappa shape index (κ1) is 13.9. The molecule has 5 heteroatoms. The average molecular weight is 360 g/mol. The number of ether oxygens (including phenoxy) is 1. The van der Waals surface area contributed by atoms with Gasteiger partial charge in [-0.25, -0.2) is 4.98 Å². The third kappa shape index (κ3) is 2.33. The molecule has 4 nitrogen and oxygen atoms in total. The summed E-state index contributed by atoms with van der Waals surface area (Å²) in [6.07, 6.45) is 4.50. The van der Waals surface area contributed by atoms with Crippen LogP contribution in [0.15, 0.2) is 36.5 Å². The summed E-state index contributed by atoms with van der Waals surface area (Å²) in [6.45, 7) is 2.19. The van der Waals surface area contributed by atoms with Crippen molar-refractivity contribution in [2.45, 2.75) is 17.7 Å². The molecule has 1 aromatic carbocycles. The summed E-state index contributed by atoms with van der Waals surface area (Å²) in [5.41, 5.74) is 4.33. The van der Waals surface area contributed by atoms with Gasteiger partial charge < -0.3 is 9.64 Å². The van der Waals surface area contributed by atoms with Crippen LogP contribution in [0, 0.1) is 0 Å². The molecule has 0 atom stereocenters. The minimum atomic E-state index is 0.661. The van der Waals surface area contributed by atoms with Gasteiger partial charge in [-0.05, 0) is 31.0 Å². The number of piperidine rings is 1. The van der Waals surface area contributed by atoms with Gasteiger partial charge in [-0.1, -0.05) is 15.9 Å². The number of hydrogen-bond donors (Lipinski definition) is 0. The molecule has 3 aromatic rings. The van der Waals surface area contributed by atoms with Crippen molar-refractivity contribution in [3.63, 3.8) is 0 Å². The number of pyridine rings is 1. The zero-order valence-corrected chi connectivity index (χ0v) is 14.1. The van der Waals surface area contributed by atoms with Crippen LogP contribution in [0.1, 0.15) is 12.8 Å². The maximum atomic E-state index is 5.32. The Morgan fingerprint density at radius 1 is 1.18 bits per heavy atom. The van der Waals surface area contributed by atoms with E-state index in [4.69, 9.17) is 9.72 Å². The molecular formula is C17H18BrN3O. The molecule has 4 rings (SSSR count). The van der Waals surface area contributed by atoms with E-state index in [-0.39, 0.29) is 0 Å². The van der Waals surface area contributed by atoms with Crippen molar-refractivity contribution in [2.24, 2.45) is 0 Å². The lowest BCUT2D eigenvalue weighted by atomic mass is 10.1. The number of nitrogens with zero attached hydrogens (tertiary/aromatic N) is 3. The monoisotopic (exact) mass is 359 g/mol. The quantitative estimate of drug-likeness (QED) is 0.650. The summed E-state index contributed by atoms with van der Waals surface area (Å²) in [6, 6.07) is 10.4. The van der Waals surface area contributed by atoms with E-state index < -0.39 is 0 Å². The van der Waals surface area contributed by atoms with Crippen LogP contribution >= 0.6 is 15.9 Å². The number of methoxy groups -OCH3 is 1. The molecule has 2 aromatic heterocycles. The molecule has 1 aliphatic rings. The van der Waals surface area contributed by atoms with Gasteiger partial charge in [0.2, 0.25) is 0 Å². The Kier molecular flexibility index (Phi) is 3.45. The zero-order chi connectivity index (χ0) is 15.1. The summed E-state index contributed by atoms with van der Waals surface area (Å²) >= 11 is 3.71. The predicted molar refractivity (Wildman–Crippen MR) is 93.4 cm³/mol. The summed E-state index contributed by atoms with van der Waals surface area (Å²) < 4.78 is 7.44. The number of aromatic nitrogens is 2. The summed E-state index contributed by atoms with van der Waals surface area (Å²) in [7, 11) is 1.69. The number of hydrogen-bond acceptors (Lipinski definition) is 3. The first-order valence-corrected chi connectivity index (χ1v) is 8.51. The van der Waals surface area contributed by atoms with Crippen LogP contribution in [0.25, 0.3) is 16.7 Å². The largest absolute Gasteiger partial charge is 0.497 e. The highest BCUT2D eigenvalue weighted by molar-refractivity contribution is 9.09. The Morgan fingerprint density at radius 3 is 2.77 bits per heavy atom. The lowest BCUT2D eigenvalue weighted by Crippen LogP contribution is -2.33. The molecule has 1 aliphatic heterocycles. The van der Waals surface area contributed by atoms with E-state index in [0.717, 1.165) is 35.5 Å². The van der Waals surface area contributed by atoms with E-state index in [1.165, 1.54) is 18.5 Å². The lowest BCUT2D eigenvalue weighted by Gasteiger charge is -2.31. The maximum Gasteiger partial charge on any atom is 0.139 e. The second-order valence-corrected chi connectivity index (χ2v) is 7.04. The molecule has 0 bridgehead atoms. The van der Waals surface area contributed by atoms with Gasteiger partial charge in [-0.2, -0.15) is 0 Å². The molecule has 0 N–H and O–H groups in total. The van der Waals surface area contributed by atoms with Gasteiger partial charge in [0.05, 0.1) is 18.1 Å². The van der Waals surface area contributed by atoms with Crippen molar-refractivity contribution in [1.29, 1.82) is 0 Å². The number of benzene rings is 1. The molecule has 0 amide bonds. The van der Waals surface area contributed by atoms with E-state index >= 15 is 0 Å². The molecule has 0 spiro atoms. The van der Waals surface area contributed by atoms with Crippen LogP contribution in [0.4, 0.5) is 5.69 Å². The van der Waals surface area contributed by atoms with Gasteiger partial charge in [-0.3, -0.25) is 4.40 Å². The maximum absolute atomic E-state index is 5.32. The van der Waals surface area contributed by atoms with Gasteiger partial charge >= 0.3 is 0 Å². The molecule has 0 saturated carbocycles. The molecule has 0 radical (unpaired) electrons. The van der Waals surface area contributed by atoms with Crippen LogP contribution in [-0.4, -0.2) is 34.4 Å². The Balaban J connectivity index is 1.76. The number of halogens is 1. The van der Waals surface area contributed by atoms with Crippen molar-refractivity contribution in [1.82, 2.24) is 9.38 Å². The smallest absolute Gasteiger partial charge is 0.139 e. The minimum Gasteiger partial charge on any atom is -0.497 e. The zero-order valence-electron chi connectivity index (χ0n) is 12.5. The molecular weight excluding hydrogens is 342 g/mol. The van der Waals surface area contributed by atoms with E-state index in [0.29, 0.717) is 4.83 Å². The van der Waals surface area contributed by atoms with Crippen molar-refractivity contribution in [3.05, 3.63) is 36.5 Å². The topological polar surface area (TPSA) is 29.8 Å². The van der Waals surface area contributed by atoms with Crippen LogP contribution < -0.4 is 9.64 Å². The van der Waals surface area contributed by atoms with Gasteiger partial charge in [0, 0.05) is 41.9 Å². The van der Waals surface area contributed by atoms with Gasteiger partial charge in [-0.15, -0.1) is 0 Å². The SMILES string of the molecule is COc1ccc2nc3cc(N4CCC(Br)CC4)ccn3c2c1. The van der Waals surface area contributed by atoms with Gasteiger partial charge in [0.25, 0.3) is 0 Å². The number of alkyl halides is 1. The highest BCUT2D eigenvalue weighted by Gasteiger charge is 2.17. The normalized spacial score (nSPS) is 16.5.